The van der Waals surface area contributed by atoms with E-state index < -0.39 is 10.8 Å². The number of nitro benzene ring substituents is 1. The number of rotatable bonds is 3. The Morgan fingerprint density at radius 3 is 2.60 bits per heavy atom. The summed E-state index contributed by atoms with van der Waals surface area (Å²) in [5.41, 5.74) is 8.63. The maximum atomic E-state index is 12.1. The molecule has 3 N–H and O–H groups in total. The number of nitrogen functional groups attached to an aromatic ring is 1. The molecule has 0 atom stereocenters. The van der Waals surface area contributed by atoms with Gasteiger partial charge in [-0.2, -0.15) is 0 Å². The van der Waals surface area contributed by atoms with Crippen LogP contribution in [0.3, 0.4) is 0 Å². The zero-order valence-corrected chi connectivity index (χ0v) is 11.2. The van der Waals surface area contributed by atoms with Crippen LogP contribution >= 0.6 is 0 Å². The lowest BCUT2D eigenvalue weighted by Gasteiger charge is -2.32. The van der Waals surface area contributed by atoms with Crippen LogP contribution in [0.15, 0.2) is 18.2 Å². The van der Waals surface area contributed by atoms with Gasteiger partial charge in [0.2, 0.25) is 0 Å². The normalized spacial score (nSPS) is 16.9. The molecule has 0 aliphatic carbocycles. The third-order valence-electron chi connectivity index (χ3n) is 3.26. The van der Waals surface area contributed by atoms with Crippen molar-refractivity contribution in [1.29, 1.82) is 0 Å². The lowest BCUT2D eigenvalue weighted by Crippen LogP contribution is -2.52. The van der Waals surface area contributed by atoms with Crippen LogP contribution in [0.2, 0.25) is 0 Å². The summed E-state index contributed by atoms with van der Waals surface area (Å²) in [5.74, 6) is -0.421. The summed E-state index contributed by atoms with van der Waals surface area (Å²) in [4.78, 5) is 24.5. The van der Waals surface area contributed by atoms with Crippen LogP contribution in [0.5, 0.6) is 0 Å². The van der Waals surface area contributed by atoms with E-state index in [4.69, 9.17) is 5.73 Å². The Hall–Kier alpha value is -2.19. The summed E-state index contributed by atoms with van der Waals surface area (Å²) >= 11 is 0. The van der Waals surface area contributed by atoms with Crippen molar-refractivity contribution in [3.05, 3.63) is 33.9 Å². The van der Waals surface area contributed by atoms with Gasteiger partial charge in [0, 0.05) is 44.0 Å². The molecule has 0 aromatic heterocycles. The van der Waals surface area contributed by atoms with Gasteiger partial charge in [-0.25, -0.2) is 5.01 Å². The predicted octanol–water partition coefficient (Wildman–Crippen LogP) is 0.0692. The monoisotopic (exact) mass is 279 g/mol. The molecule has 1 saturated heterocycles. The second-order valence-corrected chi connectivity index (χ2v) is 4.76. The van der Waals surface area contributed by atoms with Gasteiger partial charge < -0.3 is 10.6 Å². The van der Waals surface area contributed by atoms with E-state index in [-0.39, 0.29) is 16.9 Å². The summed E-state index contributed by atoms with van der Waals surface area (Å²) in [5, 5.41) is 12.5. The van der Waals surface area contributed by atoms with Gasteiger partial charge in [0.1, 0.15) is 0 Å². The number of hydrazine groups is 1. The number of hydrogen-bond acceptors (Lipinski definition) is 6. The van der Waals surface area contributed by atoms with E-state index in [1.54, 1.807) is 5.01 Å². The van der Waals surface area contributed by atoms with E-state index >= 15 is 0 Å². The molecule has 0 unspecified atom stereocenters. The van der Waals surface area contributed by atoms with Crippen molar-refractivity contribution in [1.82, 2.24) is 15.3 Å². The van der Waals surface area contributed by atoms with Crippen LogP contribution in [0, 0.1) is 10.1 Å². The quantitative estimate of drug-likeness (QED) is 0.461. The molecule has 1 aliphatic rings. The van der Waals surface area contributed by atoms with Gasteiger partial charge in [-0.05, 0) is 13.1 Å². The van der Waals surface area contributed by atoms with Crippen molar-refractivity contribution in [2.24, 2.45) is 0 Å². The van der Waals surface area contributed by atoms with Crippen LogP contribution < -0.4 is 11.2 Å². The molecule has 1 fully saturated rings. The van der Waals surface area contributed by atoms with Gasteiger partial charge >= 0.3 is 0 Å². The Balaban J connectivity index is 2.08. The third kappa shape index (κ3) is 3.22. The standard InChI is InChI=1S/C12H17N5O3/c1-15-4-6-16(7-5-15)14-12(18)10-8-9(17(19)20)2-3-11(10)13/h2-3,8H,4-7,13H2,1H3,(H,14,18). The van der Waals surface area contributed by atoms with Gasteiger partial charge in [-0.15, -0.1) is 0 Å². The molecule has 0 bridgehead atoms. The number of benzene rings is 1. The number of nitro groups is 1. The summed E-state index contributed by atoms with van der Waals surface area (Å²) in [6.45, 7) is 3.11. The molecule has 0 saturated carbocycles. The van der Waals surface area contributed by atoms with Crippen LogP contribution in [0.25, 0.3) is 0 Å². The number of nitrogens with zero attached hydrogens (tertiary/aromatic N) is 3. The highest BCUT2D eigenvalue weighted by molar-refractivity contribution is 5.99. The zero-order valence-electron chi connectivity index (χ0n) is 11.2. The van der Waals surface area contributed by atoms with E-state index in [0.717, 1.165) is 13.1 Å². The smallest absolute Gasteiger partial charge is 0.270 e. The third-order valence-corrected chi connectivity index (χ3v) is 3.26. The Labute approximate surface area is 116 Å². The molecule has 1 heterocycles. The number of non-ortho nitro benzene ring substituents is 1. The van der Waals surface area contributed by atoms with E-state index in [1.165, 1.54) is 18.2 Å². The van der Waals surface area contributed by atoms with E-state index in [9.17, 15) is 14.9 Å². The fourth-order valence-electron chi connectivity index (χ4n) is 1.98. The highest BCUT2D eigenvalue weighted by Gasteiger charge is 2.19. The first kappa shape index (κ1) is 14.2. The number of nitrogens with two attached hydrogens (primary N) is 1. The SMILES string of the molecule is CN1CCN(NC(=O)c2cc([N+](=O)[O-])ccc2N)CC1. The van der Waals surface area contributed by atoms with Gasteiger partial charge in [-0.1, -0.05) is 0 Å². The minimum atomic E-state index is -0.550. The minimum Gasteiger partial charge on any atom is -0.398 e. The number of amides is 1. The fraction of sp³-hybridized carbons (Fsp3) is 0.417. The average Bonchev–Trinajstić information content (AvgIpc) is 2.41. The molecule has 20 heavy (non-hydrogen) atoms. The Morgan fingerprint density at radius 1 is 1.35 bits per heavy atom. The van der Waals surface area contributed by atoms with Crippen molar-refractivity contribution < 1.29 is 9.72 Å². The molecule has 0 spiro atoms. The molecule has 1 aliphatic heterocycles. The molecular formula is C12H17N5O3. The maximum Gasteiger partial charge on any atom is 0.270 e. The first-order valence-corrected chi connectivity index (χ1v) is 6.26. The first-order chi connectivity index (χ1) is 9.47. The number of nitrogens with one attached hydrogen (secondary N) is 1. The van der Waals surface area contributed by atoms with Crippen molar-refractivity contribution in [2.45, 2.75) is 0 Å². The van der Waals surface area contributed by atoms with Gasteiger partial charge in [0.25, 0.3) is 11.6 Å². The number of hydrogen-bond donors (Lipinski definition) is 2. The largest absolute Gasteiger partial charge is 0.398 e. The first-order valence-electron chi connectivity index (χ1n) is 6.26. The molecular weight excluding hydrogens is 262 g/mol. The Morgan fingerprint density at radius 2 is 2.00 bits per heavy atom. The number of carbonyl (C=O) groups excluding carboxylic acids is 1. The molecule has 2 rings (SSSR count). The van der Waals surface area contributed by atoms with Crippen LogP contribution in [-0.4, -0.2) is 54.0 Å². The fourth-order valence-corrected chi connectivity index (χ4v) is 1.98. The van der Waals surface area contributed by atoms with E-state index in [2.05, 4.69) is 10.3 Å². The molecule has 1 aromatic carbocycles. The minimum absolute atomic E-state index is 0.123. The summed E-state index contributed by atoms with van der Waals surface area (Å²) < 4.78 is 0. The van der Waals surface area contributed by atoms with Gasteiger partial charge in [0.15, 0.2) is 0 Å². The second kappa shape index (κ2) is 5.85. The highest BCUT2D eigenvalue weighted by Crippen LogP contribution is 2.19. The van der Waals surface area contributed by atoms with Crippen molar-refractivity contribution in [3.63, 3.8) is 0 Å². The summed E-state index contributed by atoms with van der Waals surface area (Å²) in [6.07, 6.45) is 0. The lowest BCUT2D eigenvalue weighted by molar-refractivity contribution is -0.384. The lowest BCUT2D eigenvalue weighted by atomic mass is 10.1. The summed E-state index contributed by atoms with van der Waals surface area (Å²) in [6, 6.07) is 3.85. The maximum absolute atomic E-state index is 12.1. The molecule has 108 valence electrons. The van der Waals surface area contributed by atoms with E-state index in [1.807, 2.05) is 7.05 Å². The predicted molar refractivity (Wildman–Crippen MR) is 74.0 cm³/mol. The molecule has 1 amide bonds. The zero-order chi connectivity index (χ0) is 14.7. The number of anilines is 1. The van der Waals surface area contributed by atoms with Crippen molar-refractivity contribution in [2.75, 3.05) is 39.0 Å². The van der Waals surface area contributed by atoms with Gasteiger partial charge in [-0.3, -0.25) is 20.3 Å². The number of piperazine rings is 1. The van der Waals surface area contributed by atoms with Gasteiger partial charge in [0.05, 0.1) is 10.5 Å². The van der Waals surface area contributed by atoms with Crippen LogP contribution in [0.1, 0.15) is 10.4 Å². The topological polar surface area (TPSA) is 105 Å². The molecule has 8 nitrogen and oxygen atoms in total. The Bertz CT molecular complexity index is 526. The molecule has 8 heteroatoms. The average molecular weight is 279 g/mol. The van der Waals surface area contributed by atoms with Crippen LogP contribution in [0.4, 0.5) is 11.4 Å². The van der Waals surface area contributed by atoms with E-state index in [0.29, 0.717) is 13.1 Å². The van der Waals surface area contributed by atoms with Crippen LogP contribution in [-0.2, 0) is 0 Å². The molecule has 1 aromatic rings. The number of likely N-dealkylation sites (N-methyl/N-ethyl adjacent to an activating group) is 1. The number of carbonyl (C=O) groups is 1. The Kier molecular flexibility index (Phi) is 4.16. The summed E-state index contributed by atoms with van der Waals surface area (Å²) in [7, 11) is 2.01. The molecule has 0 radical (unpaired) electrons. The second-order valence-electron chi connectivity index (χ2n) is 4.76. The highest BCUT2D eigenvalue weighted by atomic mass is 16.6. The van der Waals surface area contributed by atoms with Crippen molar-refractivity contribution in [3.8, 4) is 0 Å². The van der Waals surface area contributed by atoms with Crippen molar-refractivity contribution >= 4 is 17.3 Å².